The molecule has 3 unspecified atom stereocenters. The predicted molar refractivity (Wildman–Crippen MR) is 69.6 cm³/mol. The van der Waals surface area contributed by atoms with Gasteiger partial charge >= 0.3 is 0 Å². The molecule has 0 aliphatic heterocycles. The molecule has 0 radical (unpaired) electrons. The minimum atomic E-state index is -2.97. The van der Waals surface area contributed by atoms with Crippen molar-refractivity contribution in [2.24, 2.45) is 11.7 Å². The summed E-state index contributed by atoms with van der Waals surface area (Å²) >= 11 is 0. The van der Waals surface area contributed by atoms with Crippen LogP contribution in [0.3, 0.4) is 0 Å². The van der Waals surface area contributed by atoms with Gasteiger partial charge in [-0.3, -0.25) is 0 Å². The Morgan fingerprint density at radius 2 is 2.00 bits per heavy atom. The largest absolute Gasteiger partial charge is 0.321 e. The highest BCUT2D eigenvalue weighted by atomic mass is 32.2. The first kappa shape index (κ1) is 13.4. The maximum atomic E-state index is 11.6. The Morgan fingerprint density at radius 3 is 2.61 bits per heavy atom. The molecule has 18 heavy (non-hydrogen) atoms. The zero-order chi connectivity index (χ0) is 13.2. The molecule has 0 spiro atoms. The van der Waals surface area contributed by atoms with E-state index in [-0.39, 0.29) is 17.2 Å². The van der Waals surface area contributed by atoms with Gasteiger partial charge < -0.3 is 5.73 Å². The molecule has 100 valence electrons. The maximum absolute atomic E-state index is 11.6. The number of sulfone groups is 1. The summed E-state index contributed by atoms with van der Waals surface area (Å²) in [7, 11) is -2.97. The monoisotopic (exact) mass is 269 g/mol. The molecule has 6 heteroatoms. The lowest BCUT2D eigenvalue weighted by Crippen LogP contribution is -2.33. The van der Waals surface area contributed by atoms with E-state index in [0.717, 1.165) is 19.3 Å². The van der Waals surface area contributed by atoms with Gasteiger partial charge in [-0.1, -0.05) is 6.42 Å². The number of hydrogen-bond acceptors (Lipinski definition) is 5. The molecule has 1 aliphatic rings. The van der Waals surface area contributed by atoms with E-state index in [2.05, 4.69) is 9.97 Å². The third-order valence-corrected chi connectivity index (χ3v) is 5.30. The molecular weight excluding hydrogens is 250 g/mol. The number of rotatable bonds is 3. The summed E-state index contributed by atoms with van der Waals surface area (Å²) in [6.45, 7) is 0. The van der Waals surface area contributed by atoms with Crippen LogP contribution in [0.1, 0.15) is 37.5 Å². The van der Waals surface area contributed by atoms with Gasteiger partial charge in [0.2, 0.25) is 0 Å². The number of nitrogens with zero attached hydrogens (tertiary/aromatic N) is 2. The fourth-order valence-electron chi connectivity index (χ4n) is 2.59. The lowest BCUT2D eigenvalue weighted by atomic mass is 9.83. The van der Waals surface area contributed by atoms with Crippen molar-refractivity contribution in [1.82, 2.24) is 9.97 Å². The van der Waals surface area contributed by atoms with Gasteiger partial charge in [-0.05, 0) is 31.2 Å². The zero-order valence-electron chi connectivity index (χ0n) is 10.5. The van der Waals surface area contributed by atoms with Crippen LogP contribution in [0.25, 0.3) is 0 Å². The van der Waals surface area contributed by atoms with Crippen molar-refractivity contribution in [2.45, 2.75) is 37.0 Å². The molecule has 0 bridgehead atoms. The van der Waals surface area contributed by atoms with Crippen LogP contribution >= 0.6 is 0 Å². The lowest BCUT2D eigenvalue weighted by Gasteiger charge is -2.31. The van der Waals surface area contributed by atoms with E-state index < -0.39 is 9.84 Å². The lowest BCUT2D eigenvalue weighted by molar-refractivity contribution is 0.301. The molecule has 0 amide bonds. The first-order chi connectivity index (χ1) is 8.48. The van der Waals surface area contributed by atoms with E-state index in [4.69, 9.17) is 5.73 Å². The van der Waals surface area contributed by atoms with Gasteiger partial charge in [0, 0.05) is 18.6 Å². The Balaban J connectivity index is 2.10. The maximum Gasteiger partial charge on any atom is 0.150 e. The fraction of sp³-hybridized carbons (Fsp3) is 0.667. The summed E-state index contributed by atoms with van der Waals surface area (Å²) in [5, 5.41) is -0.258. The van der Waals surface area contributed by atoms with E-state index in [9.17, 15) is 8.42 Å². The van der Waals surface area contributed by atoms with Crippen molar-refractivity contribution in [2.75, 3.05) is 6.26 Å². The minimum absolute atomic E-state index is 0.154. The summed E-state index contributed by atoms with van der Waals surface area (Å²) in [6.07, 6.45) is 7.87. The SMILES string of the molecule is CS(=O)(=O)C1CCCC(C(N)c2ncccn2)C1. The second-order valence-electron chi connectivity index (χ2n) is 5.01. The molecule has 1 fully saturated rings. The standard InChI is InChI=1S/C12H19N3O2S/c1-18(16,17)10-5-2-4-9(8-10)11(13)12-14-6-3-7-15-12/h3,6-7,9-11H,2,4-5,8,13H2,1H3. The number of hydrogen-bond donors (Lipinski definition) is 1. The van der Waals surface area contributed by atoms with Crippen LogP contribution in [0.5, 0.6) is 0 Å². The smallest absolute Gasteiger partial charge is 0.150 e. The molecule has 5 nitrogen and oxygen atoms in total. The van der Waals surface area contributed by atoms with Crippen LogP contribution in [-0.2, 0) is 9.84 Å². The normalized spacial score (nSPS) is 26.8. The van der Waals surface area contributed by atoms with Crippen LogP contribution in [0.2, 0.25) is 0 Å². The Morgan fingerprint density at radius 1 is 1.33 bits per heavy atom. The van der Waals surface area contributed by atoms with Crippen molar-refractivity contribution < 1.29 is 8.42 Å². The van der Waals surface area contributed by atoms with Crippen LogP contribution < -0.4 is 5.73 Å². The van der Waals surface area contributed by atoms with Gasteiger partial charge in [0.05, 0.1) is 11.3 Å². The summed E-state index contributed by atoms with van der Waals surface area (Å²) in [5.41, 5.74) is 6.16. The highest BCUT2D eigenvalue weighted by Gasteiger charge is 2.33. The average Bonchev–Trinajstić information content (AvgIpc) is 2.38. The third-order valence-electron chi connectivity index (χ3n) is 3.66. The van der Waals surface area contributed by atoms with Gasteiger partial charge in [0.25, 0.3) is 0 Å². The molecular formula is C12H19N3O2S. The second kappa shape index (κ2) is 5.32. The molecule has 2 rings (SSSR count). The van der Waals surface area contributed by atoms with Crippen molar-refractivity contribution in [3.8, 4) is 0 Å². The predicted octanol–water partition coefficient (Wildman–Crippen LogP) is 1.08. The first-order valence-corrected chi connectivity index (χ1v) is 8.15. The van der Waals surface area contributed by atoms with E-state index in [1.165, 1.54) is 6.26 Å². The van der Waals surface area contributed by atoms with Gasteiger partial charge in [0.1, 0.15) is 15.7 Å². The third kappa shape index (κ3) is 3.05. The van der Waals surface area contributed by atoms with E-state index in [1.807, 2.05) is 0 Å². The first-order valence-electron chi connectivity index (χ1n) is 6.20. The van der Waals surface area contributed by atoms with E-state index in [1.54, 1.807) is 18.5 Å². The Labute approximate surface area is 108 Å². The Bertz CT molecular complexity index is 489. The number of nitrogens with two attached hydrogens (primary N) is 1. The second-order valence-corrected chi connectivity index (χ2v) is 7.34. The fourth-order valence-corrected chi connectivity index (χ4v) is 3.78. The van der Waals surface area contributed by atoms with Crippen molar-refractivity contribution in [3.05, 3.63) is 24.3 Å². The quantitative estimate of drug-likeness (QED) is 0.887. The highest BCUT2D eigenvalue weighted by molar-refractivity contribution is 7.91. The summed E-state index contributed by atoms with van der Waals surface area (Å²) < 4.78 is 23.2. The molecule has 1 heterocycles. The van der Waals surface area contributed by atoms with Crippen molar-refractivity contribution in [3.63, 3.8) is 0 Å². The minimum Gasteiger partial charge on any atom is -0.321 e. The zero-order valence-corrected chi connectivity index (χ0v) is 11.3. The van der Waals surface area contributed by atoms with Gasteiger partial charge in [-0.2, -0.15) is 0 Å². The molecule has 0 saturated heterocycles. The number of aromatic nitrogens is 2. The van der Waals surface area contributed by atoms with Crippen LogP contribution in [0.15, 0.2) is 18.5 Å². The molecule has 3 atom stereocenters. The van der Waals surface area contributed by atoms with E-state index >= 15 is 0 Å². The summed E-state index contributed by atoms with van der Waals surface area (Å²) in [4.78, 5) is 8.31. The molecule has 1 saturated carbocycles. The van der Waals surface area contributed by atoms with E-state index in [0.29, 0.717) is 12.2 Å². The average molecular weight is 269 g/mol. The van der Waals surface area contributed by atoms with Crippen LogP contribution in [0.4, 0.5) is 0 Å². The summed E-state index contributed by atoms with van der Waals surface area (Å²) in [5.74, 6) is 0.762. The topological polar surface area (TPSA) is 85.9 Å². The highest BCUT2D eigenvalue weighted by Crippen LogP contribution is 2.34. The molecule has 0 aromatic carbocycles. The van der Waals surface area contributed by atoms with Gasteiger partial charge in [-0.25, -0.2) is 18.4 Å². The Kier molecular flexibility index (Phi) is 3.97. The Hall–Kier alpha value is -1.01. The molecule has 2 N–H and O–H groups in total. The molecule has 1 aromatic heterocycles. The molecule has 1 aromatic rings. The van der Waals surface area contributed by atoms with Crippen molar-refractivity contribution in [1.29, 1.82) is 0 Å². The van der Waals surface area contributed by atoms with Crippen LogP contribution in [0, 0.1) is 5.92 Å². The van der Waals surface area contributed by atoms with Crippen molar-refractivity contribution >= 4 is 9.84 Å². The summed E-state index contributed by atoms with van der Waals surface area (Å²) in [6, 6.07) is 1.48. The van der Waals surface area contributed by atoms with Crippen LogP contribution in [-0.4, -0.2) is 29.9 Å². The van der Waals surface area contributed by atoms with Gasteiger partial charge in [0.15, 0.2) is 0 Å². The molecule has 1 aliphatic carbocycles. The van der Waals surface area contributed by atoms with Gasteiger partial charge in [-0.15, -0.1) is 0 Å².